The van der Waals surface area contributed by atoms with Crippen LogP contribution < -0.4 is 0 Å². The molecule has 1 aliphatic rings. The van der Waals surface area contributed by atoms with Gasteiger partial charge in [-0.05, 0) is 12.8 Å². The fourth-order valence-electron chi connectivity index (χ4n) is 2.03. The maximum Gasteiger partial charge on any atom is 0.224 e. The minimum Gasteiger partial charge on any atom is -0.336 e. The minimum absolute atomic E-state index is 0.173. The lowest BCUT2D eigenvalue weighted by Crippen LogP contribution is -2.38. The molecule has 0 N–H and O–H groups in total. The van der Waals surface area contributed by atoms with Crippen molar-refractivity contribution in [1.29, 1.82) is 0 Å². The van der Waals surface area contributed by atoms with Crippen LogP contribution in [0.2, 0.25) is 0 Å². The number of carbonyl (C=O) groups excluding carboxylic acids is 1. The summed E-state index contributed by atoms with van der Waals surface area (Å²) in [6, 6.07) is 0.434. The van der Waals surface area contributed by atoms with Gasteiger partial charge in [0.05, 0.1) is 0 Å². The largest absolute Gasteiger partial charge is 0.336 e. The number of amides is 1. The van der Waals surface area contributed by atoms with Crippen molar-refractivity contribution in [3.8, 4) is 0 Å². The number of halogens is 1. The van der Waals surface area contributed by atoms with Gasteiger partial charge in [0.15, 0.2) is 0 Å². The molecule has 2 nitrogen and oxygen atoms in total. The first kappa shape index (κ1) is 11.6. The first-order valence-corrected chi connectivity index (χ1v) is 5.79. The molecule has 0 aromatic rings. The maximum absolute atomic E-state index is 11.7. The zero-order valence-corrected chi connectivity index (χ0v) is 9.30. The molecule has 0 aliphatic heterocycles. The van der Waals surface area contributed by atoms with Crippen LogP contribution >= 0.6 is 11.6 Å². The lowest BCUT2D eigenvalue weighted by Gasteiger charge is -2.27. The van der Waals surface area contributed by atoms with E-state index in [2.05, 4.69) is 6.58 Å². The number of rotatable bonds is 5. The molecule has 1 amide bonds. The molecule has 14 heavy (non-hydrogen) atoms. The van der Waals surface area contributed by atoms with Gasteiger partial charge < -0.3 is 4.90 Å². The molecule has 0 aromatic carbocycles. The molecule has 0 bridgehead atoms. The topological polar surface area (TPSA) is 20.3 Å². The van der Waals surface area contributed by atoms with E-state index in [-0.39, 0.29) is 5.91 Å². The molecule has 0 aromatic heterocycles. The van der Waals surface area contributed by atoms with Crippen molar-refractivity contribution in [1.82, 2.24) is 4.90 Å². The van der Waals surface area contributed by atoms with Crippen LogP contribution in [-0.4, -0.2) is 29.3 Å². The molecule has 1 rings (SSSR count). The molecule has 1 saturated carbocycles. The monoisotopic (exact) mass is 215 g/mol. The van der Waals surface area contributed by atoms with Crippen LogP contribution in [0.4, 0.5) is 0 Å². The Morgan fingerprint density at radius 1 is 1.50 bits per heavy atom. The Bertz CT molecular complexity index is 199. The highest BCUT2D eigenvalue weighted by molar-refractivity contribution is 6.18. The van der Waals surface area contributed by atoms with E-state index in [1.807, 2.05) is 4.90 Å². The van der Waals surface area contributed by atoms with E-state index >= 15 is 0 Å². The van der Waals surface area contributed by atoms with E-state index in [0.29, 0.717) is 24.9 Å². The molecular formula is C11H18ClNO. The molecule has 3 heteroatoms. The number of hydrogen-bond donors (Lipinski definition) is 0. The first-order chi connectivity index (χ1) is 6.79. The van der Waals surface area contributed by atoms with Crippen molar-refractivity contribution < 1.29 is 4.79 Å². The molecule has 1 aliphatic carbocycles. The summed E-state index contributed by atoms with van der Waals surface area (Å²) in [7, 11) is 0. The van der Waals surface area contributed by atoms with Crippen molar-refractivity contribution in [3.63, 3.8) is 0 Å². The van der Waals surface area contributed by atoms with Gasteiger partial charge in [-0.15, -0.1) is 18.2 Å². The summed E-state index contributed by atoms with van der Waals surface area (Å²) < 4.78 is 0. The van der Waals surface area contributed by atoms with E-state index in [9.17, 15) is 4.79 Å². The highest BCUT2D eigenvalue weighted by Crippen LogP contribution is 2.23. The Balaban J connectivity index is 2.52. The first-order valence-electron chi connectivity index (χ1n) is 5.26. The molecule has 0 unspecified atom stereocenters. The second-order valence-corrected chi connectivity index (χ2v) is 4.09. The highest BCUT2D eigenvalue weighted by Gasteiger charge is 2.24. The fraction of sp³-hybridized carbons (Fsp3) is 0.727. The number of carbonyl (C=O) groups is 1. The quantitative estimate of drug-likeness (QED) is 0.510. The van der Waals surface area contributed by atoms with Gasteiger partial charge in [0, 0.05) is 24.9 Å². The Kier molecular flexibility index (Phi) is 5.02. The molecule has 0 saturated heterocycles. The summed E-state index contributed by atoms with van der Waals surface area (Å²) in [6.45, 7) is 4.35. The van der Waals surface area contributed by atoms with Gasteiger partial charge in [-0.25, -0.2) is 0 Å². The summed E-state index contributed by atoms with van der Waals surface area (Å²) in [5.41, 5.74) is 0. The Labute approximate surface area is 90.9 Å². The van der Waals surface area contributed by atoms with Gasteiger partial charge in [-0.3, -0.25) is 4.79 Å². The summed E-state index contributed by atoms with van der Waals surface area (Å²) in [6.07, 6.45) is 7.01. The lowest BCUT2D eigenvalue weighted by atomic mass is 10.2. The Morgan fingerprint density at radius 3 is 2.64 bits per heavy atom. The van der Waals surface area contributed by atoms with Gasteiger partial charge in [0.25, 0.3) is 0 Å². The SMILES string of the molecule is C=CCN(C(=O)CCCl)C1CCCC1. The van der Waals surface area contributed by atoms with Crippen molar-refractivity contribution in [3.05, 3.63) is 12.7 Å². The summed E-state index contributed by atoms with van der Waals surface area (Å²) in [5, 5.41) is 0. The van der Waals surface area contributed by atoms with Gasteiger partial charge in [0.1, 0.15) is 0 Å². The van der Waals surface area contributed by atoms with Crippen molar-refractivity contribution in [2.24, 2.45) is 0 Å². The second-order valence-electron chi connectivity index (χ2n) is 3.71. The predicted molar refractivity (Wildman–Crippen MR) is 59.5 cm³/mol. The summed E-state index contributed by atoms with van der Waals surface area (Å²) in [5.74, 6) is 0.589. The second kappa shape index (κ2) is 6.07. The molecule has 0 heterocycles. The summed E-state index contributed by atoms with van der Waals surface area (Å²) in [4.78, 5) is 13.6. The molecule has 1 fully saturated rings. The van der Waals surface area contributed by atoms with Crippen LogP contribution in [0, 0.1) is 0 Å². The third-order valence-electron chi connectivity index (χ3n) is 2.72. The van der Waals surface area contributed by atoms with E-state index < -0.39 is 0 Å². The predicted octanol–water partition coefficient (Wildman–Crippen LogP) is 2.57. The third-order valence-corrected chi connectivity index (χ3v) is 2.91. The molecule has 80 valence electrons. The third kappa shape index (κ3) is 3.02. The van der Waals surface area contributed by atoms with E-state index in [0.717, 1.165) is 12.8 Å². The van der Waals surface area contributed by atoms with Gasteiger partial charge in [-0.2, -0.15) is 0 Å². The standard InChI is InChI=1S/C11H18ClNO/c1-2-9-13(11(14)7-8-12)10-5-3-4-6-10/h2,10H,1,3-9H2. The number of alkyl halides is 1. The average molecular weight is 216 g/mol. The van der Waals surface area contributed by atoms with Crippen LogP contribution in [0.1, 0.15) is 32.1 Å². The van der Waals surface area contributed by atoms with Crippen LogP contribution in [0.15, 0.2) is 12.7 Å². The number of hydrogen-bond acceptors (Lipinski definition) is 1. The zero-order valence-electron chi connectivity index (χ0n) is 8.54. The van der Waals surface area contributed by atoms with Crippen molar-refractivity contribution >= 4 is 17.5 Å². The van der Waals surface area contributed by atoms with Crippen LogP contribution in [-0.2, 0) is 4.79 Å². The fourth-order valence-corrected chi connectivity index (χ4v) is 2.20. The van der Waals surface area contributed by atoms with Crippen molar-refractivity contribution in [2.75, 3.05) is 12.4 Å². The smallest absolute Gasteiger partial charge is 0.224 e. The molecule has 0 spiro atoms. The van der Waals surface area contributed by atoms with Crippen LogP contribution in [0.25, 0.3) is 0 Å². The summed E-state index contributed by atoms with van der Waals surface area (Å²) >= 11 is 5.57. The number of nitrogens with zero attached hydrogens (tertiary/aromatic N) is 1. The van der Waals surface area contributed by atoms with Gasteiger partial charge >= 0.3 is 0 Å². The van der Waals surface area contributed by atoms with Gasteiger partial charge in [-0.1, -0.05) is 18.9 Å². The van der Waals surface area contributed by atoms with Crippen LogP contribution in [0.5, 0.6) is 0 Å². The molecule has 0 atom stereocenters. The maximum atomic E-state index is 11.7. The lowest BCUT2D eigenvalue weighted by molar-refractivity contribution is -0.132. The Morgan fingerprint density at radius 2 is 2.14 bits per heavy atom. The van der Waals surface area contributed by atoms with E-state index in [1.54, 1.807) is 6.08 Å². The van der Waals surface area contributed by atoms with E-state index in [4.69, 9.17) is 11.6 Å². The van der Waals surface area contributed by atoms with Gasteiger partial charge in [0.2, 0.25) is 5.91 Å². The highest BCUT2D eigenvalue weighted by atomic mass is 35.5. The van der Waals surface area contributed by atoms with Crippen LogP contribution in [0.3, 0.4) is 0 Å². The normalized spacial score (nSPS) is 16.9. The van der Waals surface area contributed by atoms with E-state index in [1.165, 1.54) is 12.8 Å². The zero-order chi connectivity index (χ0) is 10.4. The minimum atomic E-state index is 0.173. The Hall–Kier alpha value is -0.500. The molecular weight excluding hydrogens is 198 g/mol. The van der Waals surface area contributed by atoms with Crippen molar-refractivity contribution in [2.45, 2.75) is 38.1 Å². The average Bonchev–Trinajstić information content (AvgIpc) is 2.67. The molecule has 0 radical (unpaired) electrons.